The maximum Gasteiger partial charge on any atom is 1.00 e. The van der Waals surface area contributed by atoms with Crippen molar-refractivity contribution in [1.82, 2.24) is 0 Å². The van der Waals surface area contributed by atoms with Gasteiger partial charge in [-0.25, -0.2) is 4.79 Å². The van der Waals surface area contributed by atoms with Gasteiger partial charge in [0.25, 0.3) is 0 Å². The predicted octanol–water partition coefficient (Wildman–Crippen LogP) is -11.7. The van der Waals surface area contributed by atoms with Gasteiger partial charge in [-0.3, -0.25) is 0 Å². The maximum atomic E-state index is 9.25. The van der Waals surface area contributed by atoms with E-state index in [2.05, 4.69) is 6.58 Å². The molecule has 0 aliphatic rings. The van der Waals surface area contributed by atoms with Crippen molar-refractivity contribution in [2.45, 2.75) is 0 Å². The monoisotopic (exact) mass is 204 g/mol. The van der Waals surface area contributed by atoms with Crippen molar-refractivity contribution in [1.29, 1.82) is 0 Å². The number of aliphatic carboxylic acids is 1. The molecule has 6 heteroatoms. The molecule has 0 radical (unpaired) electrons. The van der Waals surface area contributed by atoms with E-state index in [1.54, 1.807) is 0 Å². The van der Waals surface area contributed by atoms with Crippen LogP contribution >= 0.6 is 0 Å². The Morgan fingerprint density at radius 3 is 1.56 bits per heavy atom. The van der Waals surface area contributed by atoms with E-state index in [1.165, 1.54) is 0 Å². The molecule has 0 bridgehead atoms. The minimum atomic E-state index is -0.981. The van der Waals surface area contributed by atoms with E-state index in [0.29, 0.717) is 0 Å². The van der Waals surface area contributed by atoms with Crippen molar-refractivity contribution in [2.75, 3.05) is 0 Å². The zero-order chi connectivity index (χ0) is 4.28. The number of carboxylic acid groups (broad SMARTS) is 1. The quantitative estimate of drug-likeness (QED) is 0.341. The zero-order valence-corrected chi connectivity index (χ0v) is 12.0. The minimum Gasteiger partial charge on any atom is -1.00 e. The second-order valence-corrected chi connectivity index (χ2v) is 0.542. The molecule has 0 spiro atoms. The van der Waals surface area contributed by atoms with Crippen molar-refractivity contribution in [3.8, 4) is 0 Å². The third kappa shape index (κ3) is 37.8. The van der Waals surface area contributed by atoms with Gasteiger partial charge in [-0.2, -0.15) is 0 Å². The van der Waals surface area contributed by atoms with Gasteiger partial charge in [0, 0.05) is 6.08 Å². The number of carbonyl (C=O) groups is 1. The van der Waals surface area contributed by atoms with Crippen LogP contribution in [0.5, 0.6) is 0 Å². The Hall–Kier alpha value is 2.43. The fourth-order valence-corrected chi connectivity index (χ4v) is 0. The van der Waals surface area contributed by atoms with E-state index in [-0.39, 0.29) is 106 Å². The summed E-state index contributed by atoms with van der Waals surface area (Å²) < 4.78 is 0. The third-order valence-corrected chi connectivity index (χ3v) is 0.175. The van der Waals surface area contributed by atoms with Gasteiger partial charge in [-0.15, -0.1) is 0 Å². The molecule has 0 saturated carbocycles. The second-order valence-electron chi connectivity index (χ2n) is 0.542. The van der Waals surface area contributed by atoms with Crippen LogP contribution in [0.4, 0.5) is 0 Å². The molecule has 0 amide bonds. The molecule has 0 fully saturated rings. The van der Waals surface area contributed by atoms with E-state index >= 15 is 0 Å². The smallest absolute Gasteiger partial charge is 1.00 e. The minimum absolute atomic E-state index is 0. The molecule has 2 nitrogen and oxygen atoms in total. The third-order valence-electron chi connectivity index (χ3n) is 0.175. The molecule has 0 aliphatic heterocycles. The number of carboxylic acids is 1. The summed E-state index contributed by atoms with van der Waals surface area (Å²) in [4.78, 5) is 9.25. The molecule has 0 aromatic rings. The summed E-state index contributed by atoms with van der Waals surface area (Å²) in [6, 6.07) is 0. The molecule has 9 heavy (non-hydrogen) atoms. The summed E-state index contributed by atoms with van der Waals surface area (Å²) >= 11 is 0. The first-order chi connectivity index (χ1) is 2.27. The molecule has 44 valence electrons. The first-order valence-electron chi connectivity index (χ1n) is 1.12. The first kappa shape index (κ1) is 30.1. The molecule has 0 aromatic heterocycles. The van der Waals surface area contributed by atoms with Crippen LogP contribution < -0.4 is 106 Å². The SMILES string of the molecule is C=CC(=O)O.[Cl-].[Cl-].[K+].[Na+]. The Bertz CT molecular complexity index is 70.8. The molecular formula is C3H4Cl2KNaO2. The molecule has 0 atom stereocenters. The Morgan fingerprint density at radius 1 is 1.44 bits per heavy atom. The molecule has 0 rings (SSSR count). The predicted molar refractivity (Wildman–Crippen MR) is 17.8 cm³/mol. The van der Waals surface area contributed by atoms with Crippen molar-refractivity contribution >= 4 is 5.97 Å². The largest absolute Gasteiger partial charge is 1.00 e. The number of hydrogen-bond donors (Lipinski definition) is 1. The van der Waals surface area contributed by atoms with Gasteiger partial charge in [0.15, 0.2) is 0 Å². The summed E-state index contributed by atoms with van der Waals surface area (Å²) in [5.74, 6) is -0.981. The van der Waals surface area contributed by atoms with Crippen molar-refractivity contribution < 1.29 is 116 Å². The Kier molecular flexibility index (Phi) is 75.0. The topological polar surface area (TPSA) is 37.3 Å². The van der Waals surface area contributed by atoms with Gasteiger partial charge in [0.2, 0.25) is 0 Å². The van der Waals surface area contributed by atoms with Gasteiger partial charge in [-0.05, 0) is 0 Å². The maximum absolute atomic E-state index is 9.25. The fraction of sp³-hybridized carbons (Fsp3) is 0. The number of rotatable bonds is 1. The first-order valence-corrected chi connectivity index (χ1v) is 1.12. The van der Waals surface area contributed by atoms with E-state index in [1.807, 2.05) is 0 Å². The van der Waals surface area contributed by atoms with Crippen LogP contribution in [0, 0.1) is 0 Å². The zero-order valence-electron chi connectivity index (χ0n) is 5.40. The average molecular weight is 205 g/mol. The van der Waals surface area contributed by atoms with Gasteiger partial charge in [0.1, 0.15) is 0 Å². The van der Waals surface area contributed by atoms with E-state index in [9.17, 15) is 4.79 Å². The summed E-state index contributed by atoms with van der Waals surface area (Å²) in [7, 11) is 0. The van der Waals surface area contributed by atoms with Crippen molar-refractivity contribution in [3.05, 3.63) is 12.7 Å². The summed E-state index contributed by atoms with van der Waals surface area (Å²) in [5, 5.41) is 7.60. The van der Waals surface area contributed by atoms with Gasteiger partial charge in [-0.1, -0.05) is 6.58 Å². The second kappa shape index (κ2) is 22.4. The summed E-state index contributed by atoms with van der Waals surface area (Å²) in [6.07, 6.45) is 0.833. The van der Waals surface area contributed by atoms with Crippen LogP contribution in [-0.4, -0.2) is 11.1 Å². The van der Waals surface area contributed by atoms with Crippen LogP contribution in [-0.2, 0) is 4.79 Å². The van der Waals surface area contributed by atoms with Crippen LogP contribution in [0.15, 0.2) is 12.7 Å². The van der Waals surface area contributed by atoms with E-state index < -0.39 is 5.97 Å². The van der Waals surface area contributed by atoms with Crippen LogP contribution in [0.3, 0.4) is 0 Å². The van der Waals surface area contributed by atoms with Gasteiger partial charge < -0.3 is 29.9 Å². The summed E-state index contributed by atoms with van der Waals surface area (Å²) in [5.41, 5.74) is 0. The molecule has 0 unspecified atom stereocenters. The molecule has 0 aliphatic carbocycles. The Balaban J connectivity index is -0.0000000133. The number of halogens is 2. The van der Waals surface area contributed by atoms with Gasteiger partial charge >= 0.3 is 86.9 Å². The van der Waals surface area contributed by atoms with Crippen LogP contribution in [0.1, 0.15) is 0 Å². The normalized spacial score (nSPS) is 3.56. The summed E-state index contributed by atoms with van der Waals surface area (Å²) in [6.45, 7) is 2.96. The van der Waals surface area contributed by atoms with E-state index in [0.717, 1.165) is 6.08 Å². The van der Waals surface area contributed by atoms with Crippen LogP contribution in [0.2, 0.25) is 0 Å². The standard InChI is InChI=1S/C3H4O2.2ClH.K.Na/c1-2-3(4)5;;;;/h2H,1H2,(H,4,5);2*1H;;/q;;;2*+1/p-2. The molecule has 0 saturated heterocycles. The average Bonchev–Trinajstić information content (AvgIpc) is 1.38. The van der Waals surface area contributed by atoms with Crippen LogP contribution in [0.25, 0.3) is 0 Å². The molecular weight excluding hydrogens is 201 g/mol. The molecule has 0 aromatic carbocycles. The number of hydrogen-bond acceptors (Lipinski definition) is 1. The fourth-order valence-electron chi connectivity index (χ4n) is 0. The van der Waals surface area contributed by atoms with Crippen molar-refractivity contribution in [3.63, 3.8) is 0 Å². The molecule has 1 N–H and O–H groups in total. The van der Waals surface area contributed by atoms with Crippen molar-refractivity contribution in [2.24, 2.45) is 0 Å². The molecule has 0 heterocycles. The Morgan fingerprint density at radius 2 is 1.56 bits per heavy atom. The van der Waals surface area contributed by atoms with Gasteiger partial charge in [0.05, 0.1) is 0 Å². The van der Waals surface area contributed by atoms with E-state index in [4.69, 9.17) is 5.11 Å². The Labute approximate surface area is 131 Å².